The summed E-state index contributed by atoms with van der Waals surface area (Å²) in [6.45, 7) is 17.0. The zero-order valence-electron chi connectivity index (χ0n) is 23.8. The van der Waals surface area contributed by atoms with Crippen molar-refractivity contribution in [2.75, 3.05) is 0 Å². The molecule has 1 heterocycles. The summed E-state index contributed by atoms with van der Waals surface area (Å²) in [5.41, 5.74) is 9.46. The Labute approximate surface area is 223 Å². The lowest BCUT2D eigenvalue weighted by molar-refractivity contribution is -0.147. The lowest BCUT2D eigenvalue weighted by Crippen LogP contribution is -2.48. The van der Waals surface area contributed by atoms with E-state index in [0.717, 1.165) is 42.0 Å². The zero-order valence-corrected chi connectivity index (χ0v) is 25.4. The van der Waals surface area contributed by atoms with E-state index in [4.69, 9.17) is 10.5 Å². The number of rotatable bonds is 14. The lowest BCUT2D eigenvalue weighted by Gasteiger charge is -2.31. The minimum absolute atomic E-state index is 0.0967. The van der Waals surface area contributed by atoms with Gasteiger partial charge in [0.25, 0.3) is 0 Å². The highest BCUT2D eigenvalue weighted by Gasteiger charge is 2.38. The van der Waals surface area contributed by atoms with Crippen molar-refractivity contribution in [1.29, 1.82) is 0 Å². The molecule has 0 radical (unpaired) electrons. The van der Waals surface area contributed by atoms with Gasteiger partial charge in [0.15, 0.2) is 9.84 Å². The van der Waals surface area contributed by atoms with E-state index < -0.39 is 25.9 Å². The lowest BCUT2D eigenvalue weighted by atomic mass is 9.93. The first kappa shape index (κ1) is 32.5. The minimum Gasteiger partial charge on any atom is -0.457 e. The van der Waals surface area contributed by atoms with E-state index in [1.807, 2.05) is 39.2 Å². The number of nitrogens with two attached hydrogens (primary N) is 1. The van der Waals surface area contributed by atoms with Gasteiger partial charge in [0.2, 0.25) is 0 Å². The molecular formula is C28H48N2O4S2. The third-order valence-corrected chi connectivity index (χ3v) is 10.5. The predicted molar refractivity (Wildman–Crippen MR) is 153 cm³/mol. The first-order valence-electron chi connectivity index (χ1n) is 13.0. The molecule has 1 rings (SSSR count). The fourth-order valence-corrected chi connectivity index (χ4v) is 6.42. The molecule has 0 bridgehead atoms. The average molecular weight is 541 g/mol. The molecule has 4 unspecified atom stereocenters. The molecule has 0 amide bonds. The summed E-state index contributed by atoms with van der Waals surface area (Å²) in [6.07, 6.45) is 8.26. The molecular weight excluding hydrogens is 492 g/mol. The van der Waals surface area contributed by atoms with Gasteiger partial charge in [-0.05, 0) is 91.7 Å². The summed E-state index contributed by atoms with van der Waals surface area (Å²) in [4.78, 5) is 16.7. The predicted octanol–water partition coefficient (Wildman–Crippen LogP) is 6.64. The molecule has 1 aromatic rings. The summed E-state index contributed by atoms with van der Waals surface area (Å²) in [6, 6.07) is -0.400. The molecule has 0 fully saturated rings. The summed E-state index contributed by atoms with van der Waals surface area (Å²) in [7, 11) is -3.31. The van der Waals surface area contributed by atoms with Crippen LogP contribution in [0.5, 0.6) is 0 Å². The van der Waals surface area contributed by atoms with Gasteiger partial charge in [0.05, 0.1) is 20.7 Å². The van der Waals surface area contributed by atoms with Gasteiger partial charge < -0.3 is 10.5 Å². The molecule has 4 atom stereocenters. The van der Waals surface area contributed by atoms with Gasteiger partial charge in [-0.1, -0.05) is 25.5 Å². The number of allylic oxidation sites excluding steroid dienone is 1. The molecule has 0 spiro atoms. The van der Waals surface area contributed by atoms with Crippen LogP contribution in [-0.2, 0) is 19.4 Å². The minimum atomic E-state index is -3.31. The number of carbonyl (C=O) groups excluding carboxylic acids is 1. The van der Waals surface area contributed by atoms with Gasteiger partial charge in [0, 0.05) is 24.3 Å². The number of hydrogen-bond acceptors (Lipinski definition) is 7. The monoisotopic (exact) mass is 540 g/mol. The van der Waals surface area contributed by atoms with Crippen molar-refractivity contribution in [1.82, 2.24) is 4.98 Å². The Kier molecular flexibility index (Phi) is 13.0. The number of aryl methyl sites for hydroxylation is 1. The second-order valence-corrected chi connectivity index (χ2v) is 15.1. The second kappa shape index (κ2) is 14.4. The second-order valence-electron chi connectivity index (χ2n) is 11.0. The van der Waals surface area contributed by atoms with Gasteiger partial charge in [-0.2, -0.15) is 0 Å². The normalized spacial score (nSPS) is 16.9. The van der Waals surface area contributed by atoms with Crippen LogP contribution in [0.2, 0.25) is 0 Å². The first-order valence-corrected chi connectivity index (χ1v) is 15.5. The molecule has 0 aliphatic heterocycles. The standard InChI is InChI=1S/C28H48N2O4S2/c1-10-12-26(31)34-25(21(4)17-24-18-35-23(6)30-24)16-15-19(2)13-11-14-20(3)27(29)22(5)36(32,33)28(7,8)9/h15,17-18,20,22,25,27H,10-14,16,29H2,1-9H3/b19-15-,21-17+. The summed E-state index contributed by atoms with van der Waals surface area (Å²) in [5.74, 6) is -0.0858. The van der Waals surface area contributed by atoms with Crippen LogP contribution < -0.4 is 5.73 Å². The van der Waals surface area contributed by atoms with Crippen LogP contribution in [0.15, 0.2) is 22.6 Å². The van der Waals surface area contributed by atoms with E-state index in [1.54, 1.807) is 39.0 Å². The summed E-state index contributed by atoms with van der Waals surface area (Å²) >= 11 is 1.60. The van der Waals surface area contributed by atoms with Crippen LogP contribution in [0.3, 0.4) is 0 Å². The number of hydrogen-bond donors (Lipinski definition) is 1. The van der Waals surface area contributed by atoms with Crippen LogP contribution in [0.1, 0.15) is 105 Å². The number of aromatic nitrogens is 1. The molecule has 36 heavy (non-hydrogen) atoms. The SMILES string of the molecule is CCCC(=O)OC(C/C=C(/C)CCCC(C)C(N)C(C)S(=O)(=O)C(C)(C)C)/C(C)=C/c1csc(C)n1. The van der Waals surface area contributed by atoms with E-state index in [2.05, 4.69) is 18.0 Å². The molecule has 0 saturated heterocycles. The fourth-order valence-electron chi connectivity index (χ4n) is 4.05. The average Bonchev–Trinajstić information content (AvgIpc) is 3.18. The molecule has 1 aromatic heterocycles. The van der Waals surface area contributed by atoms with Gasteiger partial charge >= 0.3 is 5.97 Å². The first-order chi connectivity index (χ1) is 16.6. The van der Waals surface area contributed by atoms with Crippen molar-refractivity contribution in [3.05, 3.63) is 33.3 Å². The number of ether oxygens (including phenoxy) is 1. The van der Waals surface area contributed by atoms with Gasteiger partial charge in [-0.25, -0.2) is 13.4 Å². The van der Waals surface area contributed by atoms with Crippen LogP contribution in [0, 0.1) is 12.8 Å². The molecule has 0 aromatic carbocycles. The molecule has 0 aliphatic rings. The Hall–Kier alpha value is -1.51. The van der Waals surface area contributed by atoms with Crippen LogP contribution in [-0.4, -0.2) is 41.5 Å². The number of thiazole rings is 1. The maximum absolute atomic E-state index is 12.8. The highest BCUT2D eigenvalue weighted by molar-refractivity contribution is 7.93. The highest BCUT2D eigenvalue weighted by Crippen LogP contribution is 2.26. The van der Waals surface area contributed by atoms with E-state index in [9.17, 15) is 13.2 Å². The third-order valence-electron chi connectivity index (χ3n) is 6.70. The maximum Gasteiger partial charge on any atom is 0.306 e. The molecule has 0 saturated carbocycles. The summed E-state index contributed by atoms with van der Waals surface area (Å²) in [5, 5.41) is 2.42. The van der Waals surface area contributed by atoms with Crippen molar-refractivity contribution in [3.63, 3.8) is 0 Å². The Bertz CT molecular complexity index is 1000. The fraction of sp³-hybridized carbons (Fsp3) is 0.714. The molecule has 8 heteroatoms. The largest absolute Gasteiger partial charge is 0.457 e. The quantitative estimate of drug-likeness (QED) is 0.210. The Morgan fingerprint density at radius 2 is 1.86 bits per heavy atom. The van der Waals surface area contributed by atoms with Gasteiger partial charge in [-0.3, -0.25) is 4.79 Å². The molecule has 6 nitrogen and oxygen atoms in total. The van der Waals surface area contributed by atoms with Crippen molar-refractivity contribution < 1.29 is 17.9 Å². The Morgan fingerprint density at radius 1 is 1.22 bits per heavy atom. The van der Waals surface area contributed by atoms with Crippen molar-refractivity contribution in [2.45, 2.75) is 123 Å². The van der Waals surface area contributed by atoms with Crippen LogP contribution >= 0.6 is 11.3 Å². The Balaban J connectivity index is 2.75. The van der Waals surface area contributed by atoms with Crippen molar-refractivity contribution in [3.8, 4) is 0 Å². The van der Waals surface area contributed by atoms with E-state index in [-0.39, 0.29) is 18.0 Å². The third kappa shape index (κ3) is 10.1. The molecule has 0 aliphatic carbocycles. The van der Waals surface area contributed by atoms with E-state index >= 15 is 0 Å². The molecule has 2 N–H and O–H groups in total. The topological polar surface area (TPSA) is 99.4 Å². The summed E-state index contributed by atoms with van der Waals surface area (Å²) < 4.78 is 30.5. The van der Waals surface area contributed by atoms with Gasteiger partial charge in [-0.15, -0.1) is 11.3 Å². The van der Waals surface area contributed by atoms with Crippen molar-refractivity contribution in [2.24, 2.45) is 11.7 Å². The highest BCUT2D eigenvalue weighted by atomic mass is 32.2. The zero-order chi connectivity index (χ0) is 27.7. The number of sulfone groups is 1. The van der Waals surface area contributed by atoms with Crippen molar-refractivity contribution >= 4 is 33.2 Å². The number of esters is 1. The van der Waals surface area contributed by atoms with Crippen LogP contribution in [0.25, 0.3) is 6.08 Å². The Morgan fingerprint density at radius 3 is 2.39 bits per heavy atom. The number of nitrogens with zero attached hydrogens (tertiary/aromatic N) is 1. The van der Waals surface area contributed by atoms with E-state index in [1.165, 1.54) is 5.57 Å². The smallest absolute Gasteiger partial charge is 0.306 e. The van der Waals surface area contributed by atoms with E-state index in [0.29, 0.717) is 12.8 Å². The maximum atomic E-state index is 12.8. The van der Waals surface area contributed by atoms with Crippen LogP contribution in [0.4, 0.5) is 0 Å². The van der Waals surface area contributed by atoms with Gasteiger partial charge in [0.1, 0.15) is 6.10 Å². The number of carbonyl (C=O) groups is 1. The molecule has 206 valence electrons.